The number of carbonyl (C=O) groups is 1. The third-order valence-corrected chi connectivity index (χ3v) is 4.89. The van der Waals surface area contributed by atoms with Gasteiger partial charge in [-0.3, -0.25) is 4.79 Å². The van der Waals surface area contributed by atoms with Crippen LogP contribution in [0.1, 0.15) is 21.8 Å². The number of hydrogen-bond donors (Lipinski definition) is 1. The Labute approximate surface area is 177 Å². The van der Waals surface area contributed by atoms with Crippen molar-refractivity contribution in [1.29, 1.82) is 0 Å². The van der Waals surface area contributed by atoms with E-state index in [-0.39, 0.29) is 12.5 Å². The van der Waals surface area contributed by atoms with Crippen LogP contribution in [0.2, 0.25) is 5.02 Å². The molecule has 0 spiro atoms. The molecule has 4 aromatic rings. The lowest BCUT2D eigenvalue weighted by Gasteiger charge is -2.05. The monoisotopic (exact) mass is 423 g/mol. The second kappa shape index (κ2) is 8.42. The van der Waals surface area contributed by atoms with E-state index in [1.165, 1.54) is 0 Å². The summed E-state index contributed by atoms with van der Waals surface area (Å²) in [6.45, 7) is 1.86. The van der Waals surface area contributed by atoms with Crippen molar-refractivity contribution in [2.75, 3.05) is 7.11 Å². The molecular formula is C22H18ClN3O4. The van der Waals surface area contributed by atoms with Gasteiger partial charge in [0.15, 0.2) is 5.76 Å². The molecule has 1 N–H and O–H groups in total. The lowest BCUT2D eigenvalue weighted by Crippen LogP contribution is -2.23. The van der Waals surface area contributed by atoms with Gasteiger partial charge in [0, 0.05) is 17.2 Å². The Bertz CT molecular complexity index is 1200. The zero-order valence-electron chi connectivity index (χ0n) is 16.3. The number of aromatic nitrogens is 2. The van der Waals surface area contributed by atoms with E-state index >= 15 is 0 Å². The Hall–Kier alpha value is -3.58. The summed E-state index contributed by atoms with van der Waals surface area (Å²) in [5, 5.41) is 11.4. The maximum Gasteiger partial charge on any atom is 0.257 e. The smallest absolute Gasteiger partial charge is 0.257 e. The molecule has 0 fully saturated rings. The molecule has 2 aromatic carbocycles. The van der Waals surface area contributed by atoms with Gasteiger partial charge in [-0.2, -0.15) is 0 Å². The number of amides is 1. The zero-order valence-corrected chi connectivity index (χ0v) is 17.1. The Morgan fingerprint density at radius 3 is 2.73 bits per heavy atom. The van der Waals surface area contributed by atoms with Crippen LogP contribution in [0.25, 0.3) is 22.6 Å². The number of methoxy groups -OCH3 is 1. The third kappa shape index (κ3) is 3.92. The van der Waals surface area contributed by atoms with Crippen molar-refractivity contribution in [3.8, 4) is 28.3 Å². The summed E-state index contributed by atoms with van der Waals surface area (Å²) >= 11 is 6.26. The van der Waals surface area contributed by atoms with Crippen molar-refractivity contribution in [3.05, 3.63) is 76.6 Å². The van der Waals surface area contributed by atoms with E-state index < -0.39 is 0 Å². The van der Waals surface area contributed by atoms with Crippen molar-refractivity contribution >= 4 is 17.5 Å². The second-order valence-electron chi connectivity index (χ2n) is 6.54. The van der Waals surface area contributed by atoms with Crippen LogP contribution in [0.15, 0.2) is 63.6 Å². The van der Waals surface area contributed by atoms with E-state index in [1.807, 2.05) is 36.4 Å². The van der Waals surface area contributed by atoms with E-state index in [2.05, 4.69) is 15.6 Å². The van der Waals surface area contributed by atoms with E-state index in [0.717, 1.165) is 5.56 Å². The number of ether oxygens (including phenoxy) is 1. The third-order valence-electron chi connectivity index (χ3n) is 4.56. The molecule has 0 bridgehead atoms. The minimum Gasteiger partial charge on any atom is -0.497 e. The first-order chi connectivity index (χ1) is 14.6. The fourth-order valence-corrected chi connectivity index (χ4v) is 3.27. The molecule has 4 rings (SSSR count). The number of carbonyl (C=O) groups excluding carboxylic acids is 1. The van der Waals surface area contributed by atoms with Crippen LogP contribution in [0.5, 0.6) is 5.75 Å². The normalized spacial score (nSPS) is 10.8. The van der Waals surface area contributed by atoms with Gasteiger partial charge in [0.1, 0.15) is 28.5 Å². The van der Waals surface area contributed by atoms with E-state index in [4.69, 9.17) is 25.4 Å². The SMILES string of the molecule is COc1cccc(-c2cc(CNC(=O)c3c(-c4ccccc4Cl)noc3C)no2)c1. The maximum absolute atomic E-state index is 12.8. The Kier molecular flexibility index (Phi) is 5.54. The van der Waals surface area contributed by atoms with Crippen molar-refractivity contribution in [1.82, 2.24) is 15.6 Å². The molecule has 2 heterocycles. The standard InChI is InChI=1S/C22H18ClN3O4/c1-13-20(21(26-29-13)17-8-3-4-9-18(17)23)22(27)24-12-15-11-19(30-25-15)14-6-5-7-16(10-14)28-2/h3-11H,12H2,1-2H3,(H,24,27). The molecule has 7 nitrogen and oxygen atoms in total. The number of rotatable bonds is 6. The Morgan fingerprint density at radius 2 is 1.93 bits per heavy atom. The van der Waals surface area contributed by atoms with Crippen molar-refractivity contribution < 1.29 is 18.6 Å². The van der Waals surface area contributed by atoms with Crippen LogP contribution in [0.3, 0.4) is 0 Å². The number of hydrogen-bond acceptors (Lipinski definition) is 6. The number of halogens is 1. The number of nitrogens with zero attached hydrogens (tertiary/aromatic N) is 2. The quantitative estimate of drug-likeness (QED) is 0.474. The molecule has 8 heteroatoms. The first-order valence-electron chi connectivity index (χ1n) is 9.16. The van der Waals surface area contributed by atoms with Crippen LogP contribution in [-0.4, -0.2) is 23.3 Å². The molecule has 0 aliphatic heterocycles. The van der Waals surface area contributed by atoms with Crippen molar-refractivity contribution in [3.63, 3.8) is 0 Å². The van der Waals surface area contributed by atoms with Gasteiger partial charge in [-0.15, -0.1) is 0 Å². The van der Waals surface area contributed by atoms with Gasteiger partial charge < -0.3 is 19.1 Å². The van der Waals surface area contributed by atoms with Crippen LogP contribution < -0.4 is 10.1 Å². The summed E-state index contributed by atoms with van der Waals surface area (Å²) in [6, 6.07) is 16.4. The van der Waals surface area contributed by atoms with Crippen LogP contribution in [-0.2, 0) is 6.54 Å². The van der Waals surface area contributed by atoms with Gasteiger partial charge in [0.2, 0.25) is 0 Å². The van der Waals surface area contributed by atoms with Crippen molar-refractivity contribution in [2.45, 2.75) is 13.5 Å². The summed E-state index contributed by atoms with van der Waals surface area (Å²) < 4.78 is 15.9. The summed E-state index contributed by atoms with van der Waals surface area (Å²) in [7, 11) is 1.60. The first kappa shape index (κ1) is 19.7. The van der Waals surface area contributed by atoms with Crippen LogP contribution in [0, 0.1) is 6.92 Å². The topological polar surface area (TPSA) is 90.4 Å². The molecule has 0 aliphatic carbocycles. The predicted molar refractivity (Wildman–Crippen MR) is 111 cm³/mol. The zero-order chi connectivity index (χ0) is 21.1. The van der Waals surface area contributed by atoms with Gasteiger partial charge in [-0.25, -0.2) is 0 Å². The molecule has 1 amide bonds. The lowest BCUT2D eigenvalue weighted by atomic mass is 10.1. The molecule has 0 saturated carbocycles. The van der Waals surface area contributed by atoms with Gasteiger partial charge in [-0.1, -0.05) is 52.2 Å². The van der Waals surface area contributed by atoms with Crippen molar-refractivity contribution in [2.24, 2.45) is 0 Å². The summed E-state index contributed by atoms with van der Waals surface area (Å²) in [5.41, 5.74) is 2.76. The molecule has 2 aromatic heterocycles. The largest absolute Gasteiger partial charge is 0.497 e. The van der Waals surface area contributed by atoms with E-state index in [9.17, 15) is 4.79 Å². The van der Waals surface area contributed by atoms with E-state index in [1.54, 1.807) is 32.2 Å². The Balaban J connectivity index is 1.51. The highest BCUT2D eigenvalue weighted by Crippen LogP contribution is 2.31. The van der Waals surface area contributed by atoms with Gasteiger partial charge in [0.05, 0.1) is 18.7 Å². The number of aryl methyl sites for hydroxylation is 1. The molecule has 0 saturated heterocycles. The Morgan fingerprint density at radius 1 is 1.10 bits per heavy atom. The summed E-state index contributed by atoms with van der Waals surface area (Å²) in [4.78, 5) is 12.8. The first-order valence-corrected chi connectivity index (χ1v) is 9.54. The average Bonchev–Trinajstić information content (AvgIpc) is 3.39. The fourth-order valence-electron chi connectivity index (χ4n) is 3.04. The highest BCUT2D eigenvalue weighted by molar-refractivity contribution is 6.33. The molecule has 30 heavy (non-hydrogen) atoms. The predicted octanol–water partition coefficient (Wildman–Crippen LogP) is 4.90. The van der Waals surface area contributed by atoms with Gasteiger partial charge >= 0.3 is 0 Å². The molecule has 0 unspecified atom stereocenters. The average molecular weight is 424 g/mol. The lowest BCUT2D eigenvalue weighted by molar-refractivity contribution is 0.0949. The van der Waals surface area contributed by atoms with E-state index in [0.29, 0.717) is 44.8 Å². The molecule has 0 aliphatic rings. The minimum absolute atomic E-state index is 0.179. The minimum atomic E-state index is -0.338. The summed E-state index contributed by atoms with van der Waals surface area (Å²) in [6.07, 6.45) is 0. The van der Waals surface area contributed by atoms with Crippen LogP contribution >= 0.6 is 11.6 Å². The van der Waals surface area contributed by atoms with Gasteiger partial charge in [-0.05, 0) is 25.1 Å². The second-order valence-corrected chi connectivity index (χ2v) is 6.95. The van der Waals surface area contributed by atoms with Crippen LogP contribution in [0.4, 0.5) is 0 Å². The highest BCUT2D eigenvalue weighted by Gasteiger charge is 2.23. The highest BCUT2D eigenvalue weighted by atomic mass is 35.5. The number of benzene rings is 2. The molecule has 0 atom stereocenters. The fraction of sp³-hybridized carbons (Fsp3) is 0.136. The molecular weight excluding hydrogens is 406 g/mol. The van der Waals surface area contributed by atoms with Gasteiger partial charge in [0.25, 0.3) is 5.91 Å². The summed E-state index contributed by atoms with van der Waals surface area (Å²) in [5.74, 6) is 1.36. The molecule has 152 valence electrons. The molecule has 0 radical (unpaired) electrons. The maximum atomic E-state index is 12.8. The number of nitrogens with one attached hydrogen (secondary N) is 1.